The lowest BCUT2D eigenvalue weighted by atomic mass is 10.0. The molecule has 2 aliphatic heterocycles. The topological polar surface area (TPSA) is 6.48 Å². The van der Waals surface area contributed by atoms with Crippen molar-refractivity contribution in [2.45, 2.75) is 35.2 Å². The molecule has 2 aromatic rings. The van der Waals surface area contributed by atoms with Crippen LogP contribution in [0.1, 0.15) is 18.4 Å². The molecule has 0 amide bonds. The Labute approximate surface area is 141 Å². The number of hydrogen-bond acceptors (Lipinski definition) is 3. The molecular weight excluding hydrogens is 307 g/mol. The van der Waals surface area contributed by atoms with E-state index >= 15 is 0 Å². The molecule has 0 bridgehead atoms. The summed E-state index contributed by atoms with van der Waals surface area (Å²) in [5.41, 5.74) is 2.40. The molecule has 0 spiro atoms. The van der Waals surface area contributed by atoms with E-state index in [4.69, 9.17) is 0 Å². The van der Waals surface area contributed by atoms with Gasteiger partial charge in [-0.15, -0.1) is 0 Å². The Morgan fingerprint density at radius 3 is 2.65 bits per heavy atom. The van der Waals surface area contributed by atoms with E-state index in [0.717, 1.165) is 25.2 Å². The molecule has 0 unspecified atom stereocenters. The van der Waals surface area contributed by atoms with Crippen LogP contribution in [-0.4, -0.2) is 31.1 Å². The minimum atomic E-state index is -0.140. The molecule has 2 nitrogen and oxygen atoms in total. The van der Waals surface area contributed by atoms with Crippen molar-refractivity contribution < 1.29 is 4.39 Å². The first-order chi connectivity index (χ1) is 11.2. The summed E-state index contributed by atoms with van der Waals surface area (Å²) in [6.45, 7) is 3.06. The molecule has 0 aromatic heterocycles. The highest BCUT2D eigenvalue weighted by molar-refractivity contribution is 7.99. The highest BCUT2D eigenvalue weighted by atomic mass is 32.2. The summed E-state index contributed by atoms with van der Waals surface area (Å²) >= 11 is 1.76. The molecule has 2 aliphatic rings. The van der Waals surface area contributed by atoms with Crippen LogP contribution in [0.2, 0.25) is 0 Å². The Bertz CT molecular complexity index is 710. The number of piperidine rings is 1. The van der Waals surface area contributed by atoms with Gasteiger partial charge in [-0.25, -0.2) is 4.39 Å². The molecule has 2 heterocycles. The number of halogens is 1. The van der Waals surface area contributed by atoms with E-state index in [0.29, 0.717) is 6.04 Å². The van der Waals surface area contributed by atoms with Gasteiger partial charge in [0.25, 0.3) is 0 Å². The third kappa shape index (κ3) is 2.98. The van der Waals surface area contributed by atoms with Crippen LogP contribution in [0.25, 0.3) is 0 Å². The predicted octanol–water partition coefficient (Wildman–Crippen LogP) is 4.39. The van der Waals surface area contributed by atoms with Crippen molar-refractivity contribution in [2.75, 3.05) is 25.0 Å². The third-order valence-electron chi connectivity index (χ3n) is 4.89. The second-order valence-electron chi connectivity index (χ2n) is 6.48. The van der Waals surface area contributed by atoms with Crippen LogP contribution in [0.5, 0.6) is 0 Å². The molecule has 4 heteroatoms. The number of fused-ring (bicyclic) bond motifs is 2. The summed E-state index contributed by atoms with van der Waals surface area (Å²) in [5, 5.41) is 0. The number of hydrogen-bond donors (Lipinski definition) is 0. The van der Waals surface area contributed by atoms with Gasteiger partial charge < -0.3 is 9.80 Å². The van der Waals surface area contributed by atoms with Crippen LogP contribution in [0.3, 0.4) is 0 Å². The van der Waals surface area contributed by atoms with Crippen molar-refractivity contribution in [1.29, 1.82) is 0 Å². The van der Waals surface area contributed by atoms with Crippen LogP contribution in [-0.2, 0) is 6.54 Å². The van der Waals surface area contributed by atoms with E-state index in [2.05, 4.69) is 41.1 Å². The number of likely N-dealkylation sites (tertiary alicyclic amines) is 1. The fraction of sp³-hybridized carbons (Fsp3) is 0.368. The van der Waals surface area contributed by atoms with E-state index in [1.165, 1.54) is 28.3 Å². The van der Waals surface area contributed by atoms with E-state index in [9.17, 15) is 4.39 Å². The first-order valence-corrected chi connectivity index (χ1v) is 9.03. The highest BCUT2D eigenvalue weighted by Crippen LogP contribution is 2.43. The van der Waals surface area contributed by atoms with Gasteiger partial charge in [0.05, 0.1) is 5.69 Å². The zero-order valence-corrected chi connectivity index (χ0v) is 14.2. The number of para-hydroxylation sites is 1. The fourth-order valence-electron chi connectivity index (χ4n) is 3.57. The number of anilines is 1. The first-order valence-electron chi connectivity index (χ1n) is 8.21. The summed E-state index contributed by atoms with van der Waals surface area (Å²) in [6.07, 6.45) is 2.33. The third-order valence-corrected chi connectivity index (χ3v) is 6.07. The van der Waals surface area contributed by atoms with E-state index in [-0.39, 0.29) is 5.82 Å². The Balaban J connectivity index is 1.74. The van der Waals surface area contributed by atoms with Crippen molar-refractivity contribution in [3.05, 3.63) is 53.8 Å². The van der Waals surface area contributed by atoms with Crippen molar-refractivity contribution in [2.24, 2.45) is 0 Å². The summed E-state index contributed by atoms with van der Waals surface area (Å²) < 4.78 is 13.7. The van der Waals surface area contributed by atoms with Crippen LogP contribution in [0, 0.1) is 5.82 Å². The fourth-order valence-corrected chi connectivity index (χ4v) is 4.64. The second-order valence-corrected chi connectivity index (χ2v) is 7.57. The Morgan fingerprint density at radius 1 is 1.04 bits per heavy atom. The quantitative estimate of drug-likeness (QED) is 0.766. The molecule has 0 atom stereocenters. The van der Waals surface area contributed by atoms with Gasteiger partial charge in [-0.2, -0.15) is 0 Å². The van der Waals surface area contributed by atoms with Crippen LogP contribution in [0.4, 0.5) is 10.1 Å². The molecule has 1 fully saturated rings. The largest absolute Gasteiger partial charge is 0.363 e. The van der Waals surface area contributed by atoms with E-state index in [1.807, 2.05) is 6.07 Å². The molecule has 120 valence electrons. The van der Waals surface area contributed by atoms with Gasteiger partial charge in [0, 0.05) is 22.4 Å². The lowest BCUT2D eigenvalue weighted by Crippen LogP contribution is -2.43. The molecule has 0 N–H and O–H groups in total. The van der Waals surface area contributed by atoms with Crippen molar-refractivity contribution in [1.82, 2.24) is 4.90 Å². The molecule has 0 saturated carbocycles. The smallest absolute Gasteiger partial charge is 0.123 e. The van der Waals surface area contributed by atoms with Crippen LogP contribution < -0.4 is 4.90 Å². The molecule has 23 heavy (non-hydrogen) atoms. The zero-order chi connectivity index (χ0) is 15.8. The Morgan fingerprint density at radius 2 is 1.83 bits per heavy atom. The average molecular weight is 328 g/mol. The number of benzene rings is 2. The molecular formula is C19H21FN2S. The monoisotopic (exact) mass is 328 g/mol. The average Bonchev–Trinajstić information content (AvgIpc) is 2.72. The van der Waals surface area contributed by atoms with E-state index in [1.54, 1.807) is 23.9 Å². The van der Waals surface area contributed by atoms with Gasteiger partial charge >= 0.3 is 0 Å². The van der Waals surface area contributed by atoms with Gasteiger partial charge in [-0.1, -0.05) is 23.9 Å². The minimum Gasteiger partial charge on any atom is -0.363 e. The van der Waals surface area contributed by atoms with Gasteiger partial charge in [0.15, 0.2) is 0 Å². The SMILES string of the molecule is CN1CCC(N2Cc3cc(F)ccc3Sc3ccccc32)CC1. The molecule has 0 radical (unpaired) electrons. The van der Waals surface area contributed by atoms with Gasteiger partial charge in [0.2, 0.25) is 0 Å². The maximum atomic E-state index is 13.7. The van der Waals surface area contributed by atoms with Crippen molar-refractivity contribution >= 4 is 17.4 Å². The first kappa shape index (κ1) is 15.0. The summed E-state index contributed by atoms with van der Waals surface area (Å²) in [6, 6.07) is 14.3. The lowest BCUT2D eigenvalue weighted by molar-refractivity contribution is 0.248. The predicted molar refractivity (Wildman–Crippen MR) is 93.7 cm³/mol. The van der Waals surface area contributed by atoms with E-state index < -0.39 is 0 Å². The molecule has 0 aliphatic carbocycles. The summed E-state index contributed by atoms with van der Waals surface area (Å²) in [7, 11) is 2.19. The molecule has 4 rings (SSSR count). The Hall–Kier alpha value is -1.52. The maximum absolute atomic E-state index is 13.7. The normalized spacial score (nSPS) is 19.1. The maximum Gasteiger partial charge on any atom is 0.123 e. The summed E-state index contributed by atoms with van der Waals surface area (Å²) in [4.78, 5) is 7.34. The standard InChI is InChI=1S/C19H21FN2S/c1-21-10-8-16(9-11-21)22-13-14-12-15(20)6-7-18(14)23-19-5-3-2-4-17(19)22/h2-7,12,16H,8-11,13H2,1H3. The summed E-state index contributed by atoms with van der Waals surface area (Å²) in [5.74, 6) is -0.140. The lowest BCUT2D eigenvalue weighted by Gasteiger charge is -2.38. The van der Waals surface area contributed by atoms with Gasteiger partial charge in [0.1, 0.15) is 5.82 Å². The van der Waals surface area contributed by atoms with Gasteiger partial charge in [-0.05, 0) is 68.9 Å². The molecule has 2 aromatic carbocycles. The van der Waals surface area contributed by atoms with Crippen LogP contribution >= 0.6 is 11.8 Å². The number of nitrogens with zero attached hydrogens (tertiary/aromatic N) is 2. The van der Waals surface area contributed by atoms with Crippen molar-refractivity contribution in [3.8, 4) is 0 Å². The van der Waals surface area contributed by atoms with Crippen LogP contribution in [0.15, 0.2) is 52.3 Å². The zero-order valence-electron chi connectivity index (χ0n) is 13.3. The second kappa shape index (κ2) is 6.17. The minimum absolute atomic E-state index is 0.140. The van der Waals surface area contributed by atoms with Gasteiger partial charge in [-0.3, -0.25) is 0 Å². The van der Waals surface area contributed by atoms with Crippen molar-refractivity contribution in [3.63, 3.8) is 0 Å². The number of rotatable bonds is 1. The molecule has 1 saturated heterocycles. The Kier molecular flexibility index (Phi) is 4.04. The highest BCUT2D eigenvalue weighted by Gasteiger charge is 2.28.